The van der Waals surface area contributed by atoms with Gasteiger partial charge in [0.15, 0.2) is 0 Å². The molecule has 3 aliphatic rings. The van der Waals surface area contributed by atoms with Crippen LogP contribution in [-0.2, 0) is 14.3 Å². The number of esters is 1. The normalized spacial score (nSPS) is 45.4. The first-order chi connectivity index (χ1) is 9.19. The van der Waals surface area contributed by atoms with Crippen LogP contribution in [0.3, 0.4) is 0 Å². The maximum Gasteiger partial charge on any atom is 0.311 e. The maximum absolute atomic E-state index is 12.4. The Balaban J connectivity index is 1.56. The Morgan fingerprint density at radius 1 is 1.05 bits per heavy atom. The van der Waals surface area contributed by atoms with Crippen molar-refractivity contribution in [1.29, 1.82) is 0 Å². The quantitative estimate of drug-likeness (QED) is 0.793. The van der Waals surface area contributed by atoms with E-state index in [9.17, 15) is 4.79 Å². The molecule has 0 spiro atoms. The van der Waals surface area contributed by atoms with Crippen LogP contribution < -0.4 is 5.73 Å². The third-order valence-corrected chi connectivity index (χ3v) is 5.45. The summed E-state index contributed by atoms with van der Waals surface area (Å²) in [5, 5.41) is 0. The SMILES string of the molecule is COC1CCCC(OC(=O)C2C3CCC(C3)C2N)C1. The molecule has 0 aromatic heterocycles. The van der Waals surface area contributed by atoms with Crippen LogP contribution in [0.25, 0.3) is 0 Å². The lowest BCUT2D eigenvalue weighted by atomic mass is 9.85. The molecule has 2 N–H and O–H groups in total. The fourth-order valence-electron chi connectivity index (χ4n) is 4.35. The average Bonchev–Trinajstić information content (AvgIpc) is 2.99. The second kappa shape index (κ2) is 5.41. The first kappa shape index (κ1) is 13.4. The van der Waals surface area contributed by atoms with Gasteiger partial charge in [0, 0.05) is 19.6 Å². The molecule has 3 fully saturated rings. The van der Waals surface area contributed by atoms with E-state index in [0.29, 0.717) is 11.8 Å². The van der Waals surface area contributed by atoms with Crippen molar-refractivity contribution in [2.75, 3.05) is 7.11 Å². The molecule has 0 saturated heterocycles. The number of carbonyl (C=O) groups is 1. The largest absolute Gasteiger partial charge is 0.462 e. The lowest BCUT2D eigenvalue weighted by Gasteiger charge is -2.31. The summed E-state index contributed by atoms with van der Waals surface area (Å²) >= 11 is 0. The van der Waals surface area contributed by atoms with Gasteiger partial charge >= 0.3 is 5.97 Å². The zero-order chi connectivity index (χ0) is 13.4. The minimum atomic E-state index is -0.0403. The van der Waals surface area contributed by atoms with E-state index in [-0.39, 0.29) is 30.1 Å². The molecule has 6 atom stereocenters. The van der Waals surface area contributed by atoms with Gasteiger partial charge in [-0.3, -0.25) is 4.79 Å². The van der Waals surface area contributed by atoms with Crippen molar-refractivity contribution in [1.82, 2.24) is 0 Å². The number of ether oxygens (including phenoxy) is 2. The van der Waals surface area contributed by atoms with Crippen LogP contribution in [0, 0.1) is 17.8 Å². The number of hydrogen-bond acceptors (Lipinski definition) is 4. The zero-order valence-corrected chi connectivity index (χ0v) is 11.7. The lowest BCUT2D eigenvalue weighted by Crippen LogP contribution is -2.42. The number of fused-ring (bicyclic) bond motifs is 2. The lowest BCUT2D eigenvalue weighted by molar-refractivity contribution is -0.160. The van der Waals surface area contributed by atoms with Gasteiger partial charge in [-0.05, 0) is 50.4 Å². The van der Waals surface area contributed by atoms with Gasteiger partial charge in [0.1, 0.15) is 6.10 Å². The van der Waals surface area contributed by atoms with Crippen molar-refractivity contribution in [3.8, 4) is 0 Å². The highest BCUT2D eigenvalue weighted by Crippen LogP contribution is 2.48. The Bertz CT molecular complexity index is 344. The van der Waals surface area contributed by atoms with Gasteiger partial charge < -0.3 is 15.2 Å². The summed E-state index contributed by atoms with van der Waals surface area (Å²) in [4.78, 5) is 12.4. The third kappa shape index (κ3) is 2.52. The fraction of sp³-hybridized carbons (Fsp3) is 0.933. The van der Waals surface area contributed by atoms with E-state index in [1.165, 1.54) is 6.42 Å². The van der Waals surface area contributed by atoms with Crippen molar-refractivity contribution < 1.29 is 14.3 Å². The highest BCUT2D eigenvalue weighted by Gasteiger charge is 2.50. The van der Waals surface area contributed by atoms with Crippen LogP contribution in [0.1, 0.15) is 44.9 Å². The second-order valence-corrected chi connectivity index (χ2v) is 6.52. The fourth-order valence-corrected chi connectivity index (χ4v) is 4.35. The van der Waals surface area contributed by atoms with Crippen molar-refractivity contribution in [2.24, 2.45) is 23.5 Å². The maximum atomic E-state index is 12.4. The molecular formula is C15H25NO3. The van der Waals surface area contributed by atoms with Gasteiger partial charge in [0.2, 0.25) is 0 Å². The van der Waals surface area contributed by atoms with Crippen LogP contribution in [0.5, 0.6) is 0 Å². The number of nitrogens with two attached hydrogens (primary N) is 1. The Morgan fingerprint density at radius 3 is 2.47 bits per heavy atom. The Kier molecular flexibility index (Phi) is 3.81. The Labute approximate surface area is 115 Å². The minimum absolute atomic E-state index is 0.0352. The number of rotatable bonds is 3. The molecule has 4 heteroatoms. The van der Waals surface area contributed by atoms with Crippen LogP contribution in [0.15, 0.2) is 0 Å². The molecule has 0 aromatic rings. The molecule has 19 heavy (non-hydrogen) atoms. The molecular weight excluding hydrogens is 242 g/mol. The molecule has 0 heterocycles. The first-order valence-electron chi connectivity index (χ1n) is 7.68. The summed E-state index contributed by atoms with van der Waals surface area (Å²) < 4.78 is 11.1. The van der Waals surface area contributed by atoms with Gasteiger partial charge in [-0.15, -0.1) is 0 Å². The average molecular weight is 267 g/mol. The van der Waals surface area contributed by atoms with Gasteiger partial charge in [0.05, 0.1) is 12.0 Å². The molecule has 4 nitrogen and oxygen atoms in total. The summed E-state index contributed by atoms with van der Waals surface area (Å²) in [5.41, 5.74) is 6.20. The van der Waals surface area contributed by atoms with E-state index in [0.717, 1.165) is 38.5 Å². The van der Waals surface area contributed by atoms with E-state index >= 15 is 0 Å². The van der Waals surface area contributed by atoms with Crippen molar-refractivity contribution in [3.05, 3.63) is 0 Å². The predicted molar refractivity (Wildman–Crippen MR) is 71.4 cm³/mol. The van der Waals surface area contributed by atoms with Crippen molar-refractivity contribution >= 4 is 5.97 Å². The van der Waals surface area contributed by atoms with E-state index in [2.05, 4.69) is 0 Å². The number of methoxy groups -OCH3 is 1. The number of carbonyl (C=O) groups excluding carboxylic acids is 1. The molecule has 0 radical (unpaired) electrons. The predicted octanol–water partition coefficient (Wildman–Crippen LogP) is 1.86. The molecule has 0 aliphatic heterocycles. The van der Waals surface area contributed by atoms with Crippen LogP contribution >= 0.6 is 0 Å². The summed E-state index contributed by atoms with van der Waals surface area (Å²) in [5.74, 6) is 0.957. The second-order valence-electron chi connectivity index (χ2n) is 6.52. The Hall–Kier alpha value is -0.610. The minimum Gasteiger partial charge on any atom is -0.462 e. The molecule has 6 unspecified atom stereocenters. The number of hydrogen-bond donors (Lipinski definition) is 1. The molecule has 0 amide bonds. The molecule has 3 rings (SSSR count). The van der Waals surface area contributed by atoms with Crippen molar-refractivity contribution in [3.63, 3.8) is 0 Å². The highest BCUT2D eigenvalue weighted by atomic mass is 16.5. The van der Waals surface area contributed by atoms with E-state index in [4.69, 9.17) is 15.2 Å². The van der Waals surface area contributed by atoms with Gasteiger partial charge in [-0.1, -0.05) is 0 Å². The van der Waals surface area contributed by atoms with E-state index < -0.39 is 0 Å². The van der Waals surface area contributed by atoms with E-state index in [1.54, 1.807) is 7.11 Å². The van der Waals surface area contributed by atoms with Crippen LogP contribution in [0.4, 0.5) is 0 Å². The van der Waals surface area contributed by atoms with Gasteiger partial charge in [-0.25, -0.2) is 0 Å². The third-order valence-electron chi connectivity index (χ3n) is 5.45. The molecule has 3 saturated carbocycles. The topological polar surface area (TPSA) is 61.5 Å². The smallest absolute Gasteiger partial charge is 0.311 e. The van der Waals surface area contributed by atoms with Gasteiger partial charge in [0.25, 0.3) is 0 Å². The molecule has 3 aliphatic carbocycles. The van der Waals surface area contributed by atoms with E-state index in [1.807, 2.05) is 0 Å². The zero-order valence-electron chi connectivity index (χ0n) is 11.7. The summed E-state index contributed by atoms with van der Waals surface area (Å²) in [6.07, 6.45) is 7.76. The summed E-state index contributed by atoms with van der Waals surface area (Å²) in [6.45, 7) is 0. The van der Waals surface area contributed by atoms with Crippen LogP contribution in [-0.4, -0.2) is 31.3 Å². The molecule has 0 aromatic carbocycles. The standard InChI is InChI=1S/C15H25NO3/c1-18-11-3-2-4-12(8-11)19-15(17)13-9-5-6-10(7-9)14(13)16/h9-14H,2-8,16H2,1H3. The highest BCUT2D eigenvalue weighted by molar-refractivity contribution is 5.74. The monoisotopic (exact) mass is 267 g/mol. The van der Waals surface area contributed by atoms with Crippen LogP contribution in [0.2, 0.25) is 0 Å². The molecule has 2 bridgehead atoms. The summed E-state index contributed by atoms with van der Waals surface area (Å²) in [6, 6.07) is 0.0352. The van der Waals surface area contributed by atoms with Gasteiger partial charge in [-0.2, -0.15) is 0 Å². The molecule has 108 valence electrons. The van der Waals surface area contributed by atoms with Crippen molar-refractivity contribution in [2.45, 2.75) is 63.2 Å². The summed E-state index contributed by atoms with van der Waals surface area (Å²) in [7, 11) is 1.74. The Morgan fingerprint density at radius 2 is 1.79 bits per heavy atom. The first-order valence-corrected chi connectivity index (χ1v) is 7.68.